The zero-order valence-electron chi connectivity index (χ0n) is 18.6. The SMILES string of the molecule is COc1ccc2c(c1)c(C(=O)C(=O)Nc1ccncc1)c(C(C)C)n2Cc1ccc(Cl)cc1. The molecule has 7 heteroatoms. The van der Waals surface area contributed by atoms with Crippen LogP contribution in [0.3, 0.4) is 0 Å². The van der Waals surface area contributed by atoms with Crippen molar-refractivity contribution in [1.29, 1.82) is 0 Å². The number of amides is 1. The van der Waals surface area contributed by atoms with Crippen molar-refractivity contribution in [3.63, 3.8) is 0 Å². The van der Waals surface area contributed by atoms with E-state index in [0.29, 0.717) is 34.0 Å². The van der Waals surface area contributed by atoms with Gasteiger partial charge in [-0.05, 0) is 53.9 Å². The summed E-state index contributed by atoms with van der Waals surface area (Å²) in [5, 5.41) is 4.02. The summed E-state index contributed by atoms with van der Waals surface area (Å²) in [5.41, 5.74) is 3.59. The number of halogens is 1. The number of nitrogens with one attached hydrogen (secondary N) is 1. The van der Waals surface area contributed by atoms with Crippen molar-refractivity contribution in [1.82, 2.24) is 9.55 Å². The Morgan fingerprint density at radius 1 is 1.06 bits per heavy atom. The number of Topliss-reactive ketones (excluding diaryl/α,β-unsaturated/α-hetero) is 1. The lowest BCUT2D eigenvalue weighted by Gasteiger charge is -2.15. The lowest BCUT2D eigenvalue weighted by Crippen LogP contribution is -2.24. The van der Waals surface area contributed by atoms with Gasteiger partial charge in [-0.1, -0.05) is 37.6 Å². The number of hydrogen-bond donors (Lipinski definition) is 1. The molecule has 33 heavy (non-hydrogen) atoms. The van der Waals surface area contributed by atoms with Gasteiger partial charge in [0.1, 0.15) is 5.75 Å². The summed E-state index contributed by atoms with van der Waals surface area (Å²) in [6.07, 6.45) is 3.12. The summed E-state index contributed by atoms with van der Waals surface area (Å²) in [6, 6.07) is 16.5. The van der Waals surface area contributed by atoms with Crippen LogP contribution in [-0.2, 0) is 11.3 Å². The van der Waals surface area contributed by atoms with Crippen LogP contribution >= 0.6 is 11.6 Å². The van der Waals surface area contributed by atoms with Crippen LogP contribution < -0.4 is 10.1 Å². The molecule has 0 fully saturated rings. The molecule has 0 aliphatic rings. The molecule has 4 aromatic rings. The zero-order chi connectivity index (χ0) is 23.5. The summed E-state index contributed by atoms with van der Waals surface area (Å²) in [5.74, 6) is -0.687. The summed E-state index contributed by atoms with van der Waals surface area (Å²) in [7, 11) is 1.58. The van der Waals surface area contributed by atoms with Gasteiger partial charge in [0.25, 0.3) is 11.7 Å². The minimum absolute atomic E-state index is 0.0108. The summed E-state index contributed by atoms with van der Waals surface area (Å²) in [6.45, 7) is 4.56. The van der Waals surface area contributed by atoms with E-state index < -0.39 is 11.7 Å². The van der Waals surface area contributed by atoms with Crippen LogP contribution in [0.4, 0.5) is 5.69 Å². The molecule has 2 aromatic carbocycles. The number of carbonyl (C=O) groups excluding carboxylic acids is 2. The number of ketones is 1. The predicted octanol–water partition coefficient (Wildman–Crippen LogP) is 5.69. The van der Waals surface area contributed by atoms with Crippen LogP contribution in [0.2, 0.25) is 5.02 Å². The van der Waals surface area contributed by atoms with Crippen molar-refractivity contribution in [2.24, 2.45) is 0 Å². The van der Waals surface area contributed by atoms with Gasteiger partial charge in [0, 0.05) is 46.2 Å². The number of ether oxygens (including phenoxy) is 1. The highest BCUT2D eigenvalue weighted by Gasteiger charge is 2.29. The Hall–Kier alpha value is -3.64. The maximum absolute atomic E-state index is 13.5. The molecular weight excluding hydrogens is 438 g/mol. The molecule has 0 aliphatic heterocycles. The normalized spacial score (nSPS) is 11.1. The standard InChI is InChI=1S/C26H24ClN3O3/c1-16(2)24-23(25(31)26(32)29-19-10-12-28-13-11-19)21-14-20(33-3)8-9-22(21)30(24)15-17-4-6-18(27)7-5-17/h4-14,16H,15H2,1-3H3,(H,28,29,32). The molecule has 0 spiro atoms. The molecule has 2 aromatic heterocycles. The first-order valence-corrected chi connectivity index (χ1v) is 11.0. The molecule has 4 rings (SSSR count). The fourth-order valence-electron chi connectivity index (χ4n) is 4.00. The number of hydrogen-bond acceptors (Lipinski definition) is 4. The first-order chi connectivity index (χ1) is 15.9. The molecule has 2 heterocycles. The van der Waals surface area contributed by atoms with Gasteiger partial charge in [0.2, 0.25) is 0 Å². The van der Waals surface area contributed by atoms with E-state index in [2.05, 4.69) is 14.9 Å². The molecule has 0 atom stereocenters. The number of fused-ring (bicyclic) bond motifs is 1. The average molecular weight is 462 g/mol. The Morgan fingerprint density at radius 2 is 1.76 bits per heavy atom. The van der Waals surface area contributed by atoms with E-state index in [0.717, 1.165) is 16.8 Å². The Balaban J connectivity index is 1.86. The monoisotopic (exact) mass is 461 g/mol. The summed E-state index contributed by atoms with van der Waals surface area (Å²) >= 11 is 6.06. The second-order valence-electron chi connectivity index (χ2n) is 8.03. The largest absolute Gasteiger partial charge is 0.497 e. The van der Waals surface area contributed by atoms with Crippen LogP contribution in [0.15, 0.2) is 67.0 Å². The van der Waals surface area contributed by atoms with Crippen molar-refractivity contribution < 1.29 is 14.3 Å². The van der Waals surface area contributed by atoms with E-state index in [-0.39, 0.29) is 5.92 Å². The third kappa shape index (κ3) is 4.61. The smallest absolute Gasteiger partial charge is 0.296 e. The minimum atomic E-state index is -0.698. The first kappa shape index (κ1) is 22.6. The van der Waals surface area contributed by atoms with E-state index in [9.17, 15) is 9.59 Å². The third-order valence-electron chi connectivity index (χ3n) is 5.48. The molecule has 1 amide bonds. The van der Waals surface area contributed by atoms with Gasteiger partial charge >= 0.3 is 0 Å². The highest BCUT2D eigenvalue weighted by atomic mass is 35.5. The zero-order valence-corrected chi connectivity index (χ0v) is 19.4. The highest BCUT2D eigenvalue weighted by Crippen LogP contribution is 2.35. The van der Waals surface area contributed by atoms with Gasteiger partial charge in [-0.25, -0.2) is 0 Å². The van der Waals surface area contributed by atoms with Crippen LogP contribution in [0.5, 0.6) is 5.75 Å². The molecule has 168 valence electrons. The Kier molecular flexibility index (Phi) is 6.47. The van der Waals surface area contributed by atoms with Crippen molar-refractivity contribution in [3.05, 3.63) is 88.8 Å². The maximum atomic E-state index is 13.5. The number of benzene rings is 2. The predicted molar refractivity (Wildman–Crippen MR) is 130 cm³/mol. The van der Waals surface area contributed by atoms with Gasteiger partial charge in [-0.3, -0.25) is 14.6 Å². The quantitative estimate of drug-likeness (QED) is 0.283. The van der Waals surface area contributed by atoms with Crippen LogP contribution in [0, 0.1) is 0 Å². The number of methoxy groups -OCH3 is 1. The van der Waals surface area contributed by atoms with E-state index in [1.807, 2.05) is 56.3 Å². The first-order valence-electron chi connectivity index (χ1n) is 10.6. The van der Waals surface area contributed by atoms with E-state index in [4.69, 9.17) is 16.3 Å². The molecule has 0 saturated carbocycles. The van der Waals surface area contributed by atoms with Gasteiger partial charge < -0.3 is 14.6 Å². The van der Waals surface area contributed by atoms with Crippen LogP contribution in [-0.4, -0.2) is 28.4 Å². The number of carbonyl (C=O) groups is 2. The minimum Gasteiger partial charge on any atom is -0.497 e. The molecular formula is C26H24ClN3O3. The van der Waals surface area contributed by atoms with Gasteiger partial charge in [0.15, 0.2) is 0 Å². The summed E-state index contributed by atoms with van der Waals surface area (Å²) < 4.78 is 7.50. The van der Waals surface area contributed by atoms with Crippen molar-refractivity contribution in [3.8, 4) is 5.75 Å². The van der Waals surface area contributed by atoms with E-state index in [1.165, 1.54) is 0 Å². The van der Waals surface area contributed by atoms with Gasteiger partial charge in [0.05, 0.1) is 12.7 Å². The number of anilines is 1. The Labute approximate surface area is 197 Å². The number of nitrogens with zero attached hydrogens (tertiary/aromatic N) is 2. The number of rotatable bonds is 7. The molecule has 0 unspecified atom stereocenters. The van der Waals surface area contributed by atoms with Gasteiger partial charge in [-0.15, -0.1) is 0 Å². The average Bonchev–Trinajstić information content (AvgIpc) is 3.14. The van der Waals surface area contributed by atoms with Gasteiger partial charge in [-0.2, -0.15) is 0 Å². The second kappa shape index (κ2) is 9.46. The van der Waals surface area contributed by atoms with Crippen molar-refractivity contribution in [2.75, 3.05) is 12.4 Å². The molecule has 0 bridgehead atoms. The van der Waals surface area contributed by atoms with Crippen LogP contribution in [0.25, 0.3) is 10.9 Å². The lowest BCUT2D eigenvalue weighted by atomic mass is 9.99. The molecule has 1 N–H and O–H groups in total. The third-order valence-corrected chi connectivity index (χ3v) is 5.74. The maximum Gasteiger partial charge on any atom is 0.296 e. The Morgan fingerprint density at radius 3 is 2.39 bits per heavy atom. The highest BCUT2D eigenvalue weighted by molar-refractivity contribution is 6.48. The number of aromatic nitrogens is 2. The topological polar surface area (TPSA) is 73.2 Å². The molecule has 0 saturated heterocycles. The van der Waals surface area contributed by atoms with Crippen molar-refractivity contribution >= 4 is 39.9 Å². The van der Waals surface area contributed by atoms with Crippen LogP contribution in [0.1, 0.15) is 41.4 Å². The van der Waals surface area contributed by atoms with Crippen molar-refractivity contribution in [2.45, 2.75) is 26.3 Å². The summed E-state index contributed by atoms with van der Waals surface area (Å²) in [4.78, 5) is 30.4. The fraction of sp³-hybridized carbons (Fsp3) is 0.192. The van der Waals surface area contributed by atoms with E-state index >= 15 is 0 Å². The Bertz CT molecular complexity index is 1310. The number of pyridine rings is 1. The molecule has 6 nitrogen and oxygen atoms in total. The van der Waals surface area contributed by atoms with E-state index in [1.54, 1.807) is 31.6 Å². The second-order valence-corrected chi connectivity index (χ2v) is 8.47. The lowest BCUT2D eigenvalue weighted by molar-refractivity contribution is -0.112. The molecule has 0 aliphatic carbocycles. The fourth-order valence-corrected chi connectivity index (χ4v) is 4.12. The molecule has 0 radical (unpaired) electrons.